The molecule has 0 aromatic heterocycles. The minimum atomic E-state index is -3.26. The standard InChI is InChI=1S/C11H22N2O3S/c1-10-8-13(9-11(2)16-10)17(14,15)12-6-4-3-5-7-12/h10-11H,3-9H2,1-2H3. The molecule has 2 heterocycles. The fourth-order valence-corrected chi connectivity index (χ4v) is 4.42. The van der Waals surface area contributed by atoms with E-state index in [-0.39, 0.29) is 12.2 Å². The number of hydrogen-bond acceptors (Lipinski definition) is 3. The molecule has 100 valence electrons. The maximum atomic E-state index is 12.4. The lowest BCUT2D eigenvalue weighted by atomic mass is 10.2. The molecule has 0 N–H and O–H groups in total. The van der Waals surface area contributed by atoms with Crippen molar-refractivity contribution in [2.75, 3.05) is 26.2 Å². The van der Waals surface area contributed by atoms with Crippen molar-refractivity contribution >= 4 is 10.2 Å². The minimum absolute atomic E-state index is 0.0154. The maximum absolute atomic E-state index is 12.4. The van der Waals surface area contributed by atoms with Crippen LogP contribution in [0, 0.1) is 0 Å². The molecular formula is C11H22N2O3S. The molecule has 2 saturated heterocycles. The van der Waals surface area contributed by atoms with E-state index in [4.69, 9.17) is 4.74 Å². The molecule has 2 aliphatic rings. The Hall–Kier alpha value is -0.170. The van der Waals surface area contributed by atoms with Crippen LogP contribution in [-0.4, -0.2) is 55.4 Å². The summed E-state index contributed by atoms with van der Waals surface area (Å²) in [5.74, 6) is 0. The van der Waals surface area contributed by atoms with Crippen molar-refractivity contribution in [3.8, 4) is 0 Å². The van der Waals surface area contributed by atoms with E-state index >= 15 is 0 Å². The first-order chi connectivity index (χ1) is 8.00. The second-order valence-electron chi connectivity index (χ2n) is 5.04. The second-order valence-corrected chi connectivity index (χ2v) is 6.97. The molecule has 17 heavy (non-hydrogen) atoms. The molecule has 0 aromatic rings. The van der Waals surface area contributed by atoms with E-state index < -0.39 is 10.2 Å². The molecule has 0 radical (unpaired) electrons. The highest BCUT2D eigenvalue weighted by Crippen LogP contribution is 2.20. The smallest absolute Gasteiger partial charge is 0.282 e. The average Bonchev–Trinajstić information content (AvgIpc) is 2.29. The van der Waals surface area contributed by atoms with Crippen LogP contribution >= 0.6 is 0 Å². The van der Waals surface area contributed by atoms with Crippen LogP contribution in [-0.2, 0) is 14.9 Å². The largest absolute Gasteiger partial charge is 0.373 e. The van der Waals surface area contributed by atoms with Gasteiger partial charge in [0, 0.05) is 26.2 Å². The van der Waals surface area contributed by atoms with Gasteiger partial charge in [-0.25, -0.2) is 0 Å². The molecule has 0 bridgehead atoms. The predicted octanol–water partition coefficient (Wildman–Crippen LogP) is 0.826. The second kappa shape index (κ2) is 5.22. The summed E-state index contributed by atoms with van der Waals surface area (Å²) in [6.45, 7) is 6.14. The Morgan fingerprint density at radius 2 is 1.47 bits per heavy atom. The lowest BCUT2D eigenvalue weighted by Crippen LogP contribution is -2.53. The van der Waals surface area contributed by atoms with E-state index in [2.05, 4.69) is 0 Å². The summed E-state index contributed by atoms with van der Waals surface area (Å²) >= 11 is 0. The van der Waals surface area contributed by atoms with Crippen molar-refractivity contribution in [2.24, 2.45) is 0 Å². The van der Waals surface area contributed by atoms with E-state index in [0.717, 1.165) is 19.3 Å². The van der Waals surface area contributed by atoms with E-state index in [0.29, 0.717) is 26.2 Å². The normalized spacial score (nSPS) is 33.8. The molecule has 0 aromatic carbocycles. The van der Waals surface area contributed by atoms with Crippen LogP contribution in [0.1, 0.15) is 33.1 Å². The predicted molar refractivity (Wildman–Crippen MR) is 65.9 cm³/mol. The first kappa shape index (κ1) is 13.3. The molecule has 6 heteroatoms. The van der Waals surface area contributed by atoms with E-state index in [9.17, 15) is 8.42 Å². The van der Waals surface area contributed by atoms with Crippen molar-refractivity contribution in [3.05, 3.63) is 0 Å². The summed E-state index contributed by atoms with van der Waals surface area (Å²) in [5.41, 5.74) is 0. The zero-order valence-corrected chi connectivity index (χ0v) is 11.4. The third-order valence-electron chi connectivity index (χ3n) is 3.35. The van der Waals surface area contributed by atoms with E-state index in [1.54, 1.807) is 8.61 Å². The summed E-state index contributed by atoms with van der Waals surface area (Å²) in [5, 5.41) is 0. The molecule has 5 nitrogen and oxygen atoms in total. The number of hydrogen-bond donors (Lipinski definition) is 0. The van der Waals surface area contributed by atoms with Gasteiger partial charge in [-0.15, -0.1) is 0 Å². The highest BCUT2D eigenvalue weighted by molar-refractivity contribution is 7.86. The Kier molecular flexibility index (Phi) is 4.07. The van der Waals surface area contributed by atoms with Gasteiger partial charge >= 0.3 is 0 Å². The Morgan fingerprint density at radius 3 is 2.00 bits per heavy atom. The number of morpholine rings is 1. The number of rotatable bonds is 2. The number of piperidine rings is 1. The van der Waals surface area contributed by atoms with Crippen LogP contribution in [0.5, 0.6) is 0 Å². The quantitative estimate of drug-likeness (QED) is 0.740. The van der Waals surface area contributed by atoms with Crippen molar-refractivity contribution in [1.82, 2.24) is 8.61 Å². The SMILES string of the molecule is CC1CN(S(=O)(=O)N2CCCCC2)CC(C)O1. The highest BCUT2D eigenvalue weighted by Gasteiger charge is 2.35. The fraction of sp³-hybridized carbons (Fsp3) is 1.00. The van der Waals surface area contributed by atoms with Gasteiger partial charge in [-0.05, 0) is 26.7 Å². The molecule has 0 spiro atoms. The summed E-state index contributed by atoms with van der Waals surface area (Å²) in [6.07, 6.45) is 3.07. The van der Waals surface area contributed by atoms with Gasteiger partial charge < -0.3 is 4.74 Å². The van der Waals surface area contributed by atoms with Gasteiger partial charge in [0.1, 0.15) is 0 Å². The average molecular weight is 262 g/mol. The lowest BCUT2D eigenvalue weighted by Gasteiger charge is -2.38. The molecule has 0 aliphatic carbocycles. The minimum Gasteiger partial charge on any atom is -0.373 e. The van der Waals surface area contributed by atoms with Crippen LogP contribution < -0.4 is 0 Å². The summed E-state index contributed by atoms with van der Waals surface area (Å²) in [7, 11) is -3.26. The zero-order chi connectivity index (χ0) is 12.5. The molecular weight excluding hydrogens is 240 g/mol. The third kappa shape index (κ3) is 2.99. The number of ether oxygens (including phenoxy) is 1. The van der Waals surface area contributed by atoms with Gasteiger partial charge in [0.25, 0.3) is 10.2 Å². The van der Waals surface area contributed by atoms with E-state index in [1.807, 2.05) is 13.8 Å². The fourth-order valence-electron chi connectivity index (χ4n) is 2.58. The molecule has 0 saturated carbocycles. The van der Waals surface area contributed by atoms with Crippen LogP contribution in [0.25, 0.3) is 0 Å². The first-order valence-electron chi connectivity index (χ1n) is 6.41. The van der Waals surface area contributed by atoms with E-state index in [1.165, 1.54) is 0 Å². The lowest BCUT2D eigenvalue weighted by molar-refractivity contribution is -0.0455. The molecule has 2 aliphatic heterocycles. The summed E-state index contributed by atoms with van der Waals surface area (Å²) in [4.78, 5) is 0. The van der Waals surface area contributed by atoms with Crippen LogP contribution in [0.2, 0.25) is 0 Å². The Labute approximate surface area is 104 Å². The van der Waals surface area contributed by atoms with Crippen LogP contribution in [0.4, 0.5) is 0 Å². The van der Waals surface area contributed by atoms with Gasteiger partial charge in [0.15, 0.2) is 0 Å². The third-order valence-corrected chi connectivity index (χ3v) is 5.32. The summed E-state index contributed by atoms with van der Waals surface area (Å²) < 4.78 is 33.6. The number of nitrogens with zero attached hydrogens (tertiary/aromatic N) is 2. The van der Waals surface area contributed by atoms with Crippen molar-refractivity contribution in [1.29, 1.82) is 0 Å². The molecule has 2 atom stereocenters. The van der Waals surface area contributed by atoms with Gasteiger partial charge in [-0.2, -0.15) is 17.0 Å². The van der Waals surface area contributed by atoms with Crippen molar-refractivity contribution in [2.45, 2.75) is 45.3 Å². The van der Waals surface area contributed by atoms with Crippen molar-refractivity contribution < 1.29 is 13.2 Å². The Morgan fingerprint density at radius 1 is 0.941 bits per heavy atom. The zero-order valence-electron chi connectivity index (χ0n) is 10.6. The van der Waals surface area contributed by atoms with Gasteiger partial charge in [-0.1, -0.05) is 6.42 Å². The highest BCUT2D eigenvalue weighted by atomic mass is 32.2. The van der Waals surface area contributed by atoms with Gasteiger partial charge in [-0.3, -0.25) is 0 Å². The van der Waals surface area contributed by atoms with Crippen LogP contribution in [0.3, 0.4) is 0 Å². The Bertz CT molecular complexity index is 342. The van der Waals surface area contributed by atoms with Crippen molar-refractivity contribution in [3.63, 3.8) is 0 Å². The molecule has 2 unspecified atom stereocenters. The topological polar surface area (TPSA) is 49.9 Å². The molecule has 2 fully saturated rings. The molecule has 0 amide bonds. The molecule has 2 rings (SSSR count). The Balaban J connectivity index is 2.08. The first-order valence-corrected chi connectivity index (χ1v) is 7.80. The monoisotopic (exact) mass is 262 g/mol. The van der Waals surface area contributed by atoms with Crippen LogP contribution in [0.15, 0.2) is 0 Å². The maximum Gasteiger partial charge on any atom is 0.282 e. The van der Waals surface area contributed by atoms with Gasteiger partial charge in [0.05, 0.1) is 12.2 Å². The van der Waals surface area contributed by atoms with Gasteiger partial charge in [0.2, 0.25) is 0 Å². The summed E-state index contributed by atoms with van der Waals surface area (Å²) in [6, 6.07) is 0.